The van der Waals surface area contributed by atoms with Crippen molar-refractivity contribution >= 4 is 55.0 Å². The van der Waals surface area contributed by atoms with Gasteiger partial charge in [0.1, 0.15) is 14.2 Å². The van der Waals surface area contributed by atoms with Gasteiger partial charge >= 0.3 is 0 Å². The van der Waals surface area contributed by atoms with Crippen molar-refractivity contribution in [2.24, 2.45) is 0 Å². The summed E-state index contributed by atoms with van der Waals surface area (Å²) in [6, 6.07) is 15.7. The molecule has 174 valence electrons. The molecule has 0 saturated heterocycles. The number of aromatic nitrogens is 2. The normalized spacial score (nSPS) is 11.3. The largest absolute Gasteiger partial charge is 0.352 e. The third kappa shape index (κ3) is 5.33. The van der Waals surface area contributed by atoms with Crippen molar-refractivity contribution in [3.8, 4) is 5.69 Å². The van der Waals surface area contributed by atoms with Gasteiger partial charge in [-0.05, 0) is 48.5 Å². The summed E-state index contributed by atoms with van der Waals surface area (Å²) in [5.41, 5.74) is 0.735. The monoisotopic (exact) mass is 516 g/mol. The molecule has 0 spiro atoms. The first kappa shape index (κ1) is 23.6. The summed E-state index contributed by atoms with van der Waals surface area (Å²) in [7, 11) is -4.08. The summed E-state index contributed by atoms with van der Waals surface area (Å²) in [6.07, 6.45) is 1.38. The van der Waals surface area contributed by atoms with Gasteiger partial charge in [-0.15, -0.1) is 11.3 Å². The molecular weight excluding hydrogens is 500 g/mol. The average molecular weight is 517 g/mol. The molecule has 0 radical (unpaired) electrons. The number of benzene rings is 1. The maximum absolute atomic E-state index is 12.5. The maximum atomic E-state index is 12.5. The Morgan fingerprint density at radius 2 is 1.82 bits per heavy atom. The van der Waals surface area contributed by atoms with Crippen molar-refractivity contribution in [3.63, 3.8) is 0 Å². The molecule has 0 unspecified atom stereocenters. The van der Waals surface area contributed by atoms with Crippen molar-refractivity contribution in [1.29, 1.82) is 0 Å². The third-order valence-corrected chi connectivity index (χ3v) is 7.81. The number of nitrogens with zero attached hydrogens (tertiary/aromatic N) is 2. The number of hydrogen-bond donors (Lipinski definition) is 2. The Hall–Kier alpha value is -3.54. The number of thiophene rings is 1. The summed E-state index contributed by atoms with van der Waals surface area (Å²) < 4.78 is 28.4. The standard InChI is InChI=1S/C22H17ClN4O5S2/c23-17-9-6-15-13-20(33-22(15)25-17)34(31,32)26-18(28)10-11-24-21(30)14-4-7-16(8-5-14)27-12-2-1-3-19(27)29/h1-9,12-13H,10-11H2,(H,24,30)(H,26,28). The van der Waals surface area contributed by atoms with E-state index in [2.05, 4.69) is 10.3 Å². The zero-order chi connectivity index (χ0) is 24.3. The van der Waals surface area contributed by atoms with Gasteiger partial charge in [0, 0.05) is 41.9 Å². The summed E-state index contributed by atoms with van der Waals surface area (Å²) in [5.74, 6) is -1.20. The number of rotatable bonds is 7. The molecule has 4 rings (SSSR count). The quantitative estimate of drug-likeness (QED) is 0.364. The first-order valence-corrected chi connectivity index (χ1v) is 12.6. The van der Waals surface area contributed by atoms with E-state index in [0.717, 1.165) is 11.3 Å². The van der Waals surface area contributed by atoms with Gasteiger partial charge in [-0.2, -0.15) is 0 Å². The van der Waals surface area contributed by atoms with E-state index in [1.807, 2.05) is 4.72 Å². The van der Waals surface area contributed by atoms with Crippen molar-refractivity contribution in [2.45, 2.75) is 10.6 Å². The maximum Gasteiger partial charge on any atom is 0.273 e. The Morgan fingerprint density at radius 1 is 1.06 bits per heavy atom. The lowest BCUT2D eigenvalue weighted by atomic mass is 10.2. The van der Waals surface area contributed by atoms with Crippen LogP contribution in [-0.2, 0) is 14.8 Å². The zero-order valence-electron chi connectivity index (χ0n) is 17.4. The van der Waals surface area contributed by atoms with Gasteiger partial charge in [0.25, 0.3) is 21.5 Å². The molecule has 2 amide bonds. The predicted octanol–water partition coefficient (Wildman–Crippen LogP) is 2.73. The summed E-state index contributed by atoms with van der Waals surface area (Å²) >= 11 is 6.72. The van der Waals surface area contributed by atoms with Crippen LogP contribution in [0.1, 0.15) is 16.8 Å². The Morgan fingerprint density at radius 3 is 2.56 bits per heavy atom. The lowest BCUT2D eigenvalue weighted by molar-refractivity contribution is -0.119. The molecule has 1 aromatic carbocycles. The number of amides is 2. The smallest absolute Gasteiger partial charge is 0.273 e. The van der Waals surface area contributed by atoms with E-state index in [1.165, 1.54) is 16.7 Å². The molecule has 0 aliphatic carbocycles. The van der Waals surface area contributed by atoms with Crippen LogP contribution < -0.4 is 15.6 Å². The minimum Gasteiger partial charge on any atom is -0.352 e. The summed E-state index contributed by atoms with van der Waals surface area (Å²) in [5, 5.41) is 3.40. The SMILES string of the molecule is O=C(CCNC(=O)c1ccc(-n2ccccc2=O)cc1)NS(=O)(=O)c1cc2ccc(Cl)nc2s1. The molecule has 0 aliphatic heterocycles. The highest BCUT2D eigenvalue weighted by Crippen LogP contribution is 2.28. The van der Waals surface area contributed by atoms with Gasteiger partial charge in [-0.3, -0.25) is 19.0 Å². The molecule has 0 saturated carbocycles. The Kier molecular flexibility index (Phi) is 6.77. The van der Waals surface area contributed by atoms with Crippen LogP contribution in [0.25, 0.3) is 15.9 Å². The molecule has 2 N–H and O–H groups in total. The minimum atomic E-state index is -4.08. The number of pyridine rings is 2. The number of halogens is 1. The van der Waals surface area contributed by atoms with Gasteiger partial charge in [0.05, 0.1) is 0 Å². The van der Waals surface area contributed by atoms with Crippen LogP contribution in [0.15, 0.2) is 75.9 Å². The van der Waals surface area contributed by atoms with E-state index in [4.69, 9.17) is 11.6 Å². The number of hydrogen-bond acceptors (Lipinski definition) is 7. The highest BCUT2D eigenvalue weighted by molar-refractivity contribution is 7.92. The summed E-state index contributed by atoms with van der Waals surface area (Å²) in [6.45, 7) is -0.0658. The molecule has 12 heteroatoms. The molecule has 3 heterocycles. The van der Waals surface area contributed by atoms with Gasteiger partial charge < -0.3 is 5.32 Å². The Labute approximate surface area is 203 Å². The molecule has 4 aromatic rings. The Balaban J connectivity index is 1.32. The lowest BCUT2D eigenvalue weighted by Gasteiger charge is -2.08. The number of sulfonamides is 1. The lowest BCUT2D eigenvalue weighted by Crippen LogP contribution is -2.34. The fourth-order valence-corrected chi connectivity index (χ4v) is 5.61. The van der Waals surface area contributed by atoms with Crippen LogP contribution in [0.2, 0.25) is 5.15 Å². The van der Waals surface area contributed by atoms with Gasteiger partial charge in [-0.25, -0.2) is 18.1 Å². The number of carbonyl (C=O) groups excluding carboxylic acids is 2. The second-order valence-corrected chi connectivity index (χ2v) is 10.4. The van der Waals surface area contributed by atoms with Crippen LogP contribution >= 0.6 is 22.9 Å². The molecule has 0 bridgehead atoms. The first-order chi connectivity index (χ1) is 16.2. The Bertz CT molecular complexity index is 1550. The van der Waals surface area contributed by atoms with E-state index < -0.39 is 21.8 Å². The van der Waals surface area contributed by atoms with Crippen LogP contribution in [-0.4, -0.2) is 36.3 Å². The number of fused-ring (bicyclic) bond motifs is 1. The number of nitrogens with one attached hydrogen (secondary N) is 2. The zero-order valence-corrected chi connectivity index (χ0v) is 19.8. The van der Waals surface area contributed by atoms with Crippen LogP contribution in [0.5, 0.6) is 0 Å². The predicted molar refractivity (Wildman–Crippen MR) is 129 cm³/mol. The molecule has 9 nitrogen and oxygen atoms in total. The molecule has 0 fully saturated rings. The van der Waals surface area contributed by atoms with E-state index in [9.17, 15) is 22.8 Å². The second-order valence-electron chi connectivity index (χ2n) is 7.08. The third-order valence-electron chi connectivity index (χ3n) is 4.71. The molecule has 0 aliphatic rings. The highest BCUT2D eigenvalue weighted by Gasteiger charge is 2.21. The molecule has 0 atom stereocenters. The van der Waals surface area contributed by atoms with Gasteiger partial charge in [0.15, 0.2) is 0 Å². The molecule has 34 heavy (non-hydrogen) atoms. The van der Waals surface area contributed by atoms with E-state index in [-0.39, 0.29) is 27.9 Å². The van der Waals surface area contributed by atoms with Gasteiger partial charge in [-0.1, -0.05) is 17.7 Å². The van der Waals surface area contributed by atoms with E-state index in [1.54, 1.807) is 54.7 Å². The highest BCUT2D eigenvalue weighted by atomic mass is 35.5. The fraction of sp³-hybridized carbons (Fsp3) is 0.0909. The van der Waals surface area contributed by atoms with E-state index in [0.29, 0.717) is 21.5 Å². The minimum absolute atomic E-state index is 0.0627. The first-order valence-electron chi connectivity index (χ1n) is 9.91. The molecular formula is C22H17ClN4O5S2. The van der Waals surface area contributed by atoms with Crippen LogP contribution in [0.4, 0.5) is 0 Å². The fourth-order valence-electron chi connectivity index (χ4n) is 3.06. The van der Waals surface area contributed by atoms with Crippen molar-refractivity contribution in [1.82, 2.24) is 19.6 Å². The summed E-state index contributed by atoms with van der Waals surface area (Å²) in [4.78, 5) is 40.9. The topological polar surface area (TPSA) is 127 Å². The van der Waals surface area contributed by atoms with Gasteiger partial charge in [0.2, 0.25) is 5.91 Å². The van der Waals surface area contributed by atoms with Crippen LogP contribution in [0.3, 0.4) is 0 Å². The average Bonchev–Trinajstić information content (AvgIpc) is 3.23. The van der Waals surface area contributed by atoms with Crippen molar-refractivity contribution in [3.05, 3.63) is 87.9 Å². The number of carbonyl (C=O) groups is 2. The van der Waals surface area contributed by atoms with Crippen LogP contribution in [0, 0.1) is 0 Å². The van der Waals surface area contributed by atoms with Crippen molar-refractivity contribution in [2.75, 3.05) is 6.54 Å². The van der Waals surface area contributed by atoms with Crippen molar-refractivity contribution < 1.29 is 18.0 Å². The van der Waals surface area contributed by atoms with E-state index >= 15 is 0 Å². The second kappa shape index (κ2) is 9.75. The molecule has 3 aromatic heterocycles.